The number of nitrogens with one attached hydrogen (secondary N) is 2. The average Bonchev–Trinajstić information content (AvgIpc) is 3.48. The van der Waals surface area contributed by atoms with Crippen molar-refractivity contribution in [3.05, 3.63) is 50.2 Å². The number of nitrogen functional groups attached to an aromatic ring is 1. The number of nitrogens with two attached hydrogens (primary N) is 1. The van der Waals surface area contributed by atoms with Gasteiger partial charge in [-0.15, -0.1) is 0 Å². The van der Waals surface area contributed by atoms with Crippen molar-refractivity contribution in [3.8, 4) is 11.8 Å². The molecule has 2 aliphatic rings. The van der Waals surface area contributed by atoms with E-state index in [0.29, 0.717) is 18.9 Å². The SMILES string of the molecule is Nc1nc(Br)cn(Cc2cc3c(cc2F)[C@@](C#CC2CC2)(C(F)(F)F)NC(=O)N3)c1=O. The molecule has 12 heteroatoms. The third-order valence-corrected chi connectivity index (χ3v) is 5.30. The number of fused-ring (bicyclic) bond motifs is 1. The van der Waals surface area contributed by atoms with E-state index in [9.17, 15) is 27.2 Å². The van der Waals surface area contributed by atoms with Crippen LogP contribution >= 0.6 is 15.9 Å². The lowest BCUT2D eigenvalue weighted by Crippen LogP contribution is -2.59. The van der Waals surface area contributed by atoms with Crippen LogP contribution in [-0.4, -0.2) is 21.8 Å². The number of hydrogen-bond donors (Lipinski definition) is 3. The number of aromatic nitrogens is 2. The van der Waals surface area contributed by atoms with E-state index in [2.05, 4.69) is 38.1 Å². The number of hydrogen-bond acceptors (Lipinski definition) is 4. The van der Waals surface area contributed by atoms with Gasteiger partial charge in [0, 0.05) is 28.9 Å². The molecule has 162 valence electrons. The number of carbonyl (C=O) groups excluding carboxylic acids is 1. The molecule has 2 aromatic rings. The summed E-state index contributed by atoms with van der Waals surface area (Å²) in [7, 11) is 0. The fraction of sp³-hybridized carbons (Fsp3) is 0.316. The number of benzene rings is 1. The van der Waals surface area contributed by atoms with Gasteiger partial charge in [0.1, 0.15) is 10.4 Å². The Kier molecular flexibility index (Phi) is 4.96. The number of anilines is 2. The molecular formula is C19H14BrF4N5O2. The van der Waals surface area contributed by atoms with Crippen LogP contribution in [0, 0.1) is 23.6 Å². The zero-order valence-corrected chi connectivity index (χ0v) is 17.2. The number of halogens is 5. The summed E-state index contributed by atoms with van der Waals surface area (Å²) in [5.74, 6) is 3.15. The molecule has 1 aromatic carbocycles. The van der Waals surface area contributed by atoms with Gasteiger partial charge in [0.25, 0.3) is 5.56 Å². The first-order chi connectivity index (χ1) is 14.5. The van der Waals surface area contributed by atoms with E-state index in [1.54, 1.807) is 0 Å². The Balaban J connectivity index is 1.84. The van der Waals surface area contributed by atoms with Crippen LogP contribution in [0.15, 0.2) is 27.7 Å². The maximum Gasteiger partial charge on any atom is 0.427 e. The van der Waals surface area contributed by atoms with Crippen molar-refractivity contribution in [2.75, 3.05) is 11.1 Å². The minimum atomic E-state index is -5.00. The summed E-state index contributed by atoms with van der Waals surface area (Å²) in [5, 5.41) is 4.09. The van der Waals surface area contributed by atoms with Crippen LogP contribution in [0.5, 0.6) is 0 Å². The van der Waals surface area contributed by atoms with Gasteiger partial charge in [-0.1, -0.05) is 11.8 Å². The first kappa shape index (κ1) is 21.2. The predicted octanol–water partition coefficient (Wildman–Crippen LogP) is 3.08. The Labute approximate surface area is 181 Å². The number of carbonyl (C=O) groups is 1. The molecule has 1 aliphatic heterocycles. The highest BCUT2D eigenvalue weighted by atomic mass is 79.9. The van der Waals surface area contributed by atoms with E-state index in [4.69, 9.17) is 5.73 Å². The highest BCUT2D eigenvalue weighted by Crippen LogP contribution is 2.45. The Bertz CT molecular complexity index is 1210. The van der Waals surface area contributed by atoms with Crippen LogP contribution in [0.3, 0.4) is 0 Å². The molecule has 1 aliphatic carbocycles. The van der Waals surface area contributed by atoms with Gasteiger partial charge in [0.15, 0.2) is 5.82 Å². The summed E-state index contributed by atoms with van der Waals surface area (Å²) in [5.41, 5.74) is 0.820. The van der Waals surface area contributed by atoms with Crippen molar-refractivity contribution in [1.82, 2.24) is 14.9 Å². The molecule has 1 fully saturated rings. The monoisotopic (exact) mass is 499 g/mol. The predicted molar refractivity (Wildman–Crippen MR) is 106 cm³/mol. The number of alkyl halides is 3. The topological polar surface area (TPSA) is 102 Å². The standard InChI is InChI=1S/C19H14BrF4N5O2/c20-14-8-29(16(30)15(25)27-14)7-10-5-13-11(6-12(10)21)18(19(22,23)24,28-17(31)26-13)4-3-9-1-2-9/h5-6,8-9H,1-2,7H2,(H2,25,27)(H2,26,28,31)/t18-/m0/s1. The summed E-state index contributed by atoms with van der Waals surface area (Å²) in [4.78, 5) is 28.0. The lowest BCUT2D eigenvalue weighted by Gasteiger charge is -2.37. The first-order valence-corrected chi connectivity index (χ1v) is 9.83. The molecule has 1 aromatic heterocycles. The van der Waals surface area contributed by atoms with E-state index in [0.717, 1.165) is 10.6 Å². The van der Waals surface area contributed by atoms with E-state index < -0.39 is 34.7 Å². The molecular weight excluding hydrogens is 486 g/mol. The van der Waals surface area contributed by atoms with Gasteiger partial charge in [-0.25, -0.2) is 14.2 Å². The molecule has 2 heterocycles. The van der Waals surface area contributed by atoms with Crippen molar-refractivity contribution in [1.29, 1.82) is 0 Å². The quantitative estimate of drug-likeness (QED) is 0.436. The summed E-state index contributed by atoms with van der Waals surface area (Å²) in [6.45, 7) is -0.348. The van der Waals surface area contributed by atoms with E-state index in [1.165, 1.54) is 6.20 Å². The van der Waals surface area contributed by atoms with Crippen LogP contribution in [0.1, 0.15) is 24.0 Å². The summed E-state index contributed by atoms with van der Waals surface area (Å²) in [6, 6.07) is 0.608. The third kappa shape index (κ3) is 3.85. The van der Waals surface area contributed by atoms with E-state index in [-0.39, 0.29) is 34.1 Å². The fourth-order valence-corrected chi connectivity index (χ4v) is 3.64. The van der Waals surface area contributed by atoms with Crippen molar-refractivity contribution in [3.63, 3.8) is 0 Å². The molecule has 0 saturated heterocycles. The first-order valence-electron chi connectivity index (χ1n) is 9.04. The number of amides is 2. The van der Waals surface area contributed by atoms with Crippen LogP contribution in [0.4, 0.5) is 33.9 Å². The zero-order valence-electron chi connectivity index (χ0n) is 15.6. The largest absolute Gasteiger partial charge is 0.427 e. The molecule has 4 rings (SSSR count). The molecule has 0 radical (unpaired) electrons. The lowest BCUT2D eigenvalue weighted by molar-refractivity contribution is -0.178. The fourth-order valence-electron chi connectivity index (χ4n) is 3.20. The Morgan fingerprint density at radius 2 is 2.03 bits per heavy atom. The normalized spacial score (nSPS) is 20.2. The summed E-state index contributed by atoms with van der Waals surface area (Å²) in [6.07, 6.45) is -2.39. The van der Waals surface area contributed by atoms with Gasteiger partial charge in [-0.2, -0.15) is 13.2 Å². The van der Waals surface area contributed by atoms with Crippen molar-refractivity contribution < 1.29 is 22.4 Å². The maximum atomic E-state index is 14.9. The third-order valence-electron chi connectivity index (χ3n) is 4.92. The van der Waals surface area contributed by atoms with Crippen molar-refractivity contribution in [2.45, 2.75) is 31.1 Å². The molecule has 0 unspecified atom stereocenters. The molecule has 1 atom stereocenters. The van der Waals surface area contributed by atoms with E-state index in [1.807, 2.05) is 5.32 Å². The van der Waals surface area contributed by atoms with Gasteiger partial charge in [0.2, 0.25) is 5.54 Å². The molecule has 0 spiro atoms. The van der Waals surface area contributed by atoms with Crippen molar-refractivity contribution in [2.24, 2.45) is 5.92 Å². The molecule has 0 bridgehead atoms. The highest BCUT2D eigenvalue weighted by molar-refractivity contribution is 9.10. The van der Waals surface area contributed by atoms with Gasteiger partial charge < -0.3 is 20.9 Å². The number of nitrogens with zero attached hydrogens (tertiary/aromatic N) is 2. The van der Waals surface area contributed by atoms with Crippen LogP contribution in [0.2, 0.25) is 0 Å². The van der Waals surface area contributed by atoms with Crippen LogP contribution in [-0.2, 0) is 12.1 Å². The zero-order chi connectivity index (χ0) is 22.6. The second-order valence-electron chi connectivity index (χ2n) is 7.24. The highest BCUT2D eigenvalue weighted by Gasteiger charge is 2.59. The van der Waals surface area contributed by atoms with Crippen LogP contribution in [0.25, 0.3) is 0 Å². The number of urea groups is 1. The van der Waals surface area contributed by atoms with Gasteiger partial charge >= 0.3 is 12.2 Å². The Morgan fingerprint density at radius 1 is 1.32 bits per heavy atom. The second kappa shape index (κ2) is 7.26. The minimum absolute atomic E-state index is 0.133. The smallest absolute Gasteiger partial charge is 0.379 e. The Hall–Kier alpha value is -3.07. The maximum absolute atomic E-state index is 14.9. The summed E-state index contributed by atoms with van der Waals surface area (Å²) < 4.78 is 58.5. The molecule has 7 nitrogen and oxygen atoms in total. The summed E-state index contributed by atoms with van der Waals surface area (Å²) >= 11 is 3.07. The molecule has 4 N–H and O–H groups in total. The van der Waals surface area contributed by atoms with Gasteiger partial charge in [0.05, 0.1) is 6.54 Å². The average molecular weight is 500 g/mol. The van der Waals surface area contributed by atoms with Gasteiger partial charge in [-0.05, 0) is 40.9 Å². The van der Waals surface area contributed by atoms with Gasteiger partial charge in [-0.3, -0.25) is 4.79 Å². The Morgan fingerprint density at radius 3 is 2.68 bits per heavy atom. The number of rotatable bonds is 2. The van der Waals surface area contributed by atoms with E-state index >= 15 is 0 Å². The lowest BCUT2D eigenvalue weighted by atomic mass is 9.85. The second-order valence-corrected chi connectivity index (χ2v) is 8.05. The minimum Gasteiger partial charge on any atom is -0.379 e. The molecule has 2 amide bonds. The molecule has 31 heavy (non-hydrogen) atoms. The van der Waals surface area contributed by atoms with Crippen molar-refractivity contribution >= 4 is 33.5 Å². The van der Waals surface area contributed by atoms with Crippen LogP contribution < -0.4 is 21.9 Å². The molecule has 1 saturated carbocycles.